The average Bonchev–Trinajstić information content (AvgIpc) is 2.35. The highest BCUT2D eigenvalue weighted by molar-refractivity contribution is 6.43. The number of aromatic amines is 1. The second-order valence-electron chi connectivity index (χ2n) is 3.93. The summed E-state index contributed by atoms with van der Waals surface area (Å²) in [7, 11) is 0. The number of benzene rings is 1. The Morgan fingerprint density at radius 3 is 2.25 bits per heavy atom. The molecule has 0 saturated heterocycles. The van der Waals surface area contributed by atoms with Gasteiger partial charge in [-0.05, 0) is 18.6 Å². The van der Waals surface area contributed by atoms with Crippen LogP contribution in [0.4, 0.5) is 0 Å². The van der Waals surface area contributed by atoms with Gasteiger partial charge in [0, 0.05) is 0 Å². The van der Waals surface area contributed by atoms with Crippen molar-refractivity contribution in [3.63, 3.8) is 0 Å². The lowest BCUT2D eigenvalue weighted by atomic mass is 10.2. The van der Waals surface area contributed by atoms with Crippen molar-refractivity contribution in [2.24, 2.45) is 0 Å². The van der Waals surface area contributed by atoms with E-state index in [0.717, 1.165) is 4.57 Å². The van der Waals surface area contributed by atoms with E-state index in [9.17, 15) is 9.59 Å². The predicted octanol–water partition coefficient (Wildman–Crippen LogP) is 3.70. The highest BCUT2D eigenvalue weighted by atomic mass is 35.5. The minimum atomic E-state index is -0.697. The number of rotatable bonds is 2. The van der Waals surface area contributed by atoms with Crippen LogP contribution in [0.2, 0.25) is 20.2 Å². The van der Waals surface area contributed by atoms with Crippen LogP contribution < -0.4 is 11.2 Å². The Morgan fingerprint density at radius 1 is 1.05 bits per heavy atom. The van der Waals surface area contributed by atoms with Gasteiger partial charge < -0.3 is 0 Å². The first-order valence-electron chi connectivity index (χ1n) is 5.55. The molecule has 0 aliphatic carbocycles. The molecule has 106 valence electrons. The number of halogens is 4. The summed E-state index contributed by atoms with van der Waals surface area (Å²) in [4.78, 5) is 26.7. The number of hydrogen-bond donors (Lipinski definition) is 1. The van der Waals surface area contributed by atoms with Crippen LogP contribution in [-0.2, 0) is 6.42 Å². The molecule has 8 heteroatoms. The summed E-state index contributed by atoms with van der Waals surface area (Å²) in [6, 6.07) is 2.73. The fourth-order valence-corrected chi connectivity index (χ4v) is 2.68. The molecule has 1 N–H and O–H groups in total. The van der Waals surface area contributed by atoms with Crippen LogP contribution in [0, 0.1) is 0 Å². The first-order valence-corrected chi connectivity index (χ1v) is 7.06. The van der Waals surface area contributed by atoms with Gasteiger partial charge in [0.05, 0.1) is 26.3 Å². The van der Waals surface area contributed by atoms with Crippen LogP contribution in [0.3, 0.4) is 0 Å². The van der Waals surface area contributed by atoms with E-state index >= 15 is 0 Å². The van der Waals surface area contributed by atoms with E-state index in [1.807, 2.05) is 0 Å². The minimum absolute atomic E-state index is 0.0231. The Labute approximate surface area is 133 Å². The molecule has 0 radical (unpaired) electrons. The van der Waals surface area contributed by atoms with Crippen molar-refractivity contribution in [2.45, 2.75) is 13.3 Å². The van der Waals surface area contributed by atoms with E-state index < -0.39 is 11.2 Å². The van der Waals surface area contributed by atoms with Gasteiger partial charge in [-0.15, -0.1) is 0 Å². The highest BCUT2D eigenvalue weighted by Gasteiger charge is 2.16. The minimum Gasteiger partial charge on any atom is -0.297 e. The van der Waals surface area contributed by atoms with Gasteiger partial charge in [-0.2, -0.15) is 0 Å². The topological polar surface area (TPSA) is 54.9 Å². The SMILES string of the molecule is CCc1c(Cl)[nH]c(=O)n(-c2cc(Cl)c(Cl)cc2Cl)c1=O. The Balaban J connectivity index is 2.87. The number of nitrogens with one attached hydrogen (secondary N) is 1. The molecule has 20 heavy (non-hydrogen) atoms. The third-order valence-corrected chi connectivity index (χ3v) is 4.08. The van der Waals surface area contributed by atoms with Crippen molar-refractivity contribution in [1.82, 2.24) is 9.55 Å². The molecule has 0 unspecified atom stereocenters. The Kier molecular flexibility index (Phi) is 4.49. The first-order chi connectivity index (χ1) is 9.36. The van der Waals surface area contributed by atoms with Crippen LogP contribution >= 0.6 is 46.4 Å². The number of aromatic nitrogens is 2. The third-order valence-electron chi connectivity index (χ3n) is 2.73. The Bertz CT molecular complexity index is 795. The second kappa shape index (κ2) is 5.82. The van der Waals surface area contributed by atoms with E-state index in [0.29, 0.717) is 6.42 Å². The lowest BCUT2D eigenvalue weighted by Gasteiger charge is -2.10. The van der Waals surface area contributed by atoms with Crippen LogP contribution in [0.1, 0.15) is 12.5 Å². The molecule has 0 atom stereocenters. The quantitative estimate of drug-likeness (QED) is 0.661. The van der Waals surface area contributed by atoms with Crippen LogP contribution in [0.25, 0.3) is 5.69 Å². The maximum atomic E-state index is 12.3. The maximum Gasteiger partial charge on any atom is 0.334 e. The predicted molar refractivity (Wildman–Crippen MR) is 82.1 cm³/mol. The molecule has 1 aromatic carbocycles. The summed E-state index contributed by atoms with van der Waals surface area (Å²) >= 11 is 23.6. The molecule has 0 spiro atoms. The fourth-order valence-electron chi connectivity index (χ4n) is 1.75. The smallest absolute Gasteiger partial charge is 0.297 e. The van der Waals surface area contributed by atoms with Crippen molar-refractivity contribution in [3.8, 4) is 5.69 Å². The van der Waals surface area contributed by atoms with Crippen molar-refractivity contribution in [1.29, 1.82) is 0 Å². The highest BCUT2D eigenvalue weighted by Crippen LogP contribution is 2.30. The molecular formula is C12H8Cl4N2O2. The lowest BCUT2D eigenvalue weighted by Crippen LogP contribution is -2.36. The Morgan fingerprint density at radius 2 is 1.65 bits per heavy atom. The summed E-state index contributed by atoms with van der Waals surface area (Å²) in [5.74, 6) is 0. The molecule has 2 rings (SSSR count). The average molecular weight is 354 g/mol. The lowest BCUT2D eigenvalue weighted by molar-refractivity contribution is 0.842. The fraction of sp³-hybridized carbons (Fsp3) is 0.167. The molecule has 0 saturated carbocycles. The van der Waals surface area contributed by atoms with Gasteiger partial charge in [-0.3, -0.25) is 9.78 Å². The summed E-state index contributed by atoms with van der Waals surface area (Å²) in [5, 5.41) is 0.575. The van der Waals surface area contributed by atoms with Gasteiger partial charge in [0.2, 0.25) is 0 Å². The first kappa shape index (κ1) is 15.4. The largest absolute Gasteiger partial charge is 0.334 e. The van der Waals surface area contributed by atoms with Crippen molar-refractivity contribution >= 4 is 46.4 Å². The molecule has 0 amide bonds. The van der Waals surface area contributed by atoms with Crippen LogP contribution in [0.15, 0.2) is 21.7 Å². The van der Waals surface area contributed by atoms with Gasteiger partial charge in [-0.1, -0.05) is 53.3 Å². The zero-order valence-electron chi connectivity index (χ0n) is 10.1. The number of nitrogens with zero attached hydrogens (tertiary/aromatic N) is 1. The van der Waals surface area contributed by atoms with E-state index in [2.05, 4.69) is 4.98 Å². The van der Waals surface area contributed by atoms with E-state index in [1.54, 1.807) is 6.92 Å². The Hall–Kier alpha value is -0.940. The molecule has 0 aliphatic rings. The zero-order valence-corrected chi connectivity index (χ0v) is 13.2. The van der Waals surface area contributed by atoms with E-state index in [1.165, 1.54) is 12.1 Å². The number of hydrogen-bond acceptors (Lipinski definition) is 2. The molecule has 4 nitrogen and oxygen atoms in total. The molecule has 0 aliphatic heterocycles. The van der Waals surface area contributed by atoms with Crippen molar-refractivity contribution in [2.75, 3.05) is 0 Å². The van der Waals surface area contributed by atoms with Crippen molar-refractivity contribution < 1.29 is 0 Å². The third kappa shape index (κ3) is 2.61. The molecule has 0 fully saturated rings. The second-order valence-corrected chi connectivity index (χ2v) is 5.53. The van der Waals surface area contributed by atoms with Crippen LogP contribution in [-0.4, -0.2) is 9.55 Å². The maximum absolute atomic E-state index is 12.3. The number of H-pyrrole nitrogens is 1. The van der Waals surface area contributed by atoms with E-state index in [4.69, 9.17) is 46.4 Å². The monoisotopic (exact) mass is 352 g/mol. The zero-order chi connectivity index (χ0) is 15.0. The summed E-state index contributed by atoms with van der Waals surface area (Å²) in [6.45, 7) is 1.75. The molecule has 1 aromatic heterocycles. The molecule has 2 aromatic rings. The molecule has 1 heterocycles. The van der Waals surface area contributed by atoms with Crippen LogP contribution in [0.5, 0.6) is 0 Å². The van der Waals surface area contributed by atoms with Crippen molar-refractivity contribution in [3.05, 3.63) is 58.8 Å². The summed E-state index contributed by atoms with van der Waals surface area (Å²) < 4.78 is 0.884. The van der Waals surface area contributed by atoms with Gasteiger partial charge in [-0.25, -0.2) is 9.36 Å². The summed E-state index contributed by atoms with van der Waals surface area (Å²) in [6.07, 6.45) is 0.368. The van der Waals surface area contributed by atoms with Gasteiger partial charge >= 0.3 is 5.69 Å². The molecular weight excluding hydrogens is 346 g/mol. The van der Waals surface area contributed by atoms with Gasteiger partial charge in [0.15, 0.2) is 0 Å². The normalized spacial score (nSPS) is 10.8. The standard InChI is InChI=1S/C12H8Cl4N2O2/c1-2-5-10(16)17-12(20)18(11(5)19)9-4-7(14)6(13)3-8(9)15/h3-4H,2H2,1H3,(H,17,20). The molecule has 0 bridgehead atoms. The summed E-state index contributed by atoms with van der Waals surface area (Å²) in [5.41, 5.74) is -0.800. The van der Waals surface area contributed by atoms with E-state index in [-0.39, 0.29) is 31.5 Å². The van der Waals surface area contributed by atoms with Gasteiger partial charge in [0.1, 0.15) is 5.15 Å². The van der Waals surface area contributed by atoms with Gasteiger partial charge in [0.25, 0.3) is 5.56 Å².